The molecule has 2 nitrogen and oxygen atoms in total. The highest BCUT2D eigenvalue weighted by Gasteiger charge is 2.15. The molecule has 0 aliphatic heterocycles. The second-order valence-corrected chi connectivity index (χ2v) is 6.59. The molecule has 128 valence electrons. The van der Waals surface area contributed by atoms with Gasteiger partial charge in [0.25, 0.3) is 0 Å². The third kappa shape index (κ3) is 2.24. The Kier molecular flexibility index (Phi) is 3.44. The molecule has 0 saturated heterocycles. The smallest absolute Gasteiger partial charge is 0.146 e. The van der Waals surface area contributed by atoms with Crippen molar-refractivity contribution in [3.63, 3.8) is 0 Å². The second-order valence-electron chi connectivity index (χ2n) is 6.59. The van der Waals surface area contributed by atoms with Crippen LogP contribution in [0.2, 0.25) is 0 Å². The summed E-state index contributed by atoms with van der Waals surface area (Å²) >= 11 is 0. The summed E-state index contributed by atoms with van der Waals surface area (Å²) in [5.74, 6) is 0. The molecule has 0 unspecified atom stereocenters. The molecule has 5 aromatic rings. The molecule has 0 bridgehead atoms. The van der Waals surface area contributed by atoms with Gasteiger partial charge in [-0.25, -0.2) is 4.98 Å². The number of aromatic nitrogens is 2. The molecule has 2 aromatic heterocycles. The SMILES string of the molecule is C=Cc1c(C=C)n2c3ccc(-c4ccccc4)cc3nc2c2ccccc12. The fourth-order valence-corrected chi connectivity index (χ4v) is 3.90. The van der Waals surface area contributed by atoms with Gasteiger partial charge in [-0.3, -0.25) is 4.40 Å². The van der Waals surface area contributed by atoms with E-state index in [1.165, 1.54) is 11.1 Å². The van der Waals surface area contributed by atoms with Gasteiger partial charge in [-0.15, -0.1) is 0 Å². The maximum absolute atomic E-state index is 4.99. The molecular weight excluding hydrogens is 328 g/mol. The summed E-state index contributed by atoms with van der Waals surface area (Å²) in [7, 11) is 0. The first-order chi connectivity index (χ1) is 13.3. The molecule has 0 fully saturated rings. The number of imidazole rings is 1. The van der Waals surface area contributed by atoms with E-state index in [4.69, 9.17) is 4.98 Å². The van der Waals surface area contributed by atoms with E-state index >= 15 is 0 Å². The molecule has 0 saturated carbocycles. The molecule has 5 rings (SSSR count). The van der Waals surface area contributed by atoms with E-state index in [-0.39, 0.29) is 0 Å². The average Bonchev–Trinajstić information content (AvgIpc) is 3.12. The predicted octanol–water partition coefficient (Wildman–Crippen LogP) is 6.59. The fourth-order valence-electron chi connectivity index (χ4n) is 3.90. The molecule has 2 heteroatoms. The Morgan fingerprint density at radius 3 is 2.22 bits per heavy atom. The van der Waals surface area contributed by atoms with Crippen LogP contribution in [-0.4, -0.2) is 9.38 Å². The van der Waals surface area contributed by atoms with Crippen LogP contribution < -0.4 is 0 Å². The lowest BCUT2D eigenvalue weighted by atomic mass is 10.0. The van der Waals surface area contributed by atoms with Crippen LogP contribution in [0.15, 0.2) is 86.0 Å². The van der Waals surface area contributed by atoms with E-state index in [1.807, 2.05) is 18.2 Å². The highest BCUT2D eigenvalue weighted by molar-refractivity contribution is 6.04. The molecule has 2 heterocycles. The van der Waals surface area contributed by atoms with Crippen molar-refractivity contribution in [2.45, 2.75) is 0 Å². The van der Waals surface area contributed by atoms with Crippen molar-refractivity contribution in [3.8, 4) is 11.1 Å². The molecule has 0 radical (unpaired) electrons. The van der Waals surface area contributed by atoms with Gasteiger partial charge in [0.1, 0.15) is 5.65 Å². The predicted molar refractivity (Wildman–Crippen MR) is 116 cm³/mol. The van der Waals surface area contributed by atoms with E-state index < -0.39 is 0 Å². The topological polar surface area (TPSA) is 17.3 Å². The highest BCUT2D eigenvalue weighted by Crippen LogP contribution is 2.33. The summed E-state index contributed by atoms with van der Waals surface area (Å²) in [5, 5.41) is 2.27. The maximum Gasteiger partial charge on any atom is 0.146 e. The zero-order valence-corrected chi connectivity index (χ0v) is 14.9. The van der Waals surface area contributed by atoms with E-state index in [0.717, 1.165) is 38.7 Å². The highest BCUT2D eigenvalue weighted by atomic mass is 15.0. The fraction of sp³-hybridized carbons (Fsp3) is 0. The molecule has 27 heavy (non-hydrogen) atoms. The van der Waals surface area contributed by atoms with Crippen LogP contribution in [0.4, 0.5) is 0 Å². The van der Waals surface area contributed by atoms with Gasteiger partial charge in [0.05, 0.1) is 16.7 Å². The Morgan fingerprint density at radius 2 is 1.48 bits per heavy atom. The van der Waals surface area contributed by atoms with Crippen molar-refractivity contribution < 1.29 is 0 Å². The van der Waals surface area contributed by atoms with Crippen LogP contribution in [0.25, 0.3) is 50.7 Å². The van der Waals surface area contributed by atoms with Gasteiger partial charge in [-0.2, -0.15) is 0 Å². The minimum absolute atomic E-state index is 0.950. The van der Waals surface area contributed by atoms with E-state index in [9.17, 15) is 0 Å². The minimum Gasteiger partial charge on any atom is -0.292 e. The standard InChI is InChI=1S/C25H18N2/c1-3-19-20-12-8-9-13-21(20)25-26-22-16-18(17-10-6-5-7-11-17)14-15-24(22)27(25)23(19)4-2/h3-16H,1-2H2. The largest absolute Gasteiger partial charge is 0.292 e. The van der Waals surface area contributed by atoms with Gasteiger partial charge >= 0.3 is 0 Å². The quantitative estimate of drug-likeness (QED) is 0.360. The number of pyridine rings is 1. The second kappa shape index (κ2) is 5.96. The van der Waals surface area contributed by atoms with Crippen molar-refractivity contribution in [3.05, 3.63) is 97.2 Å². The molecule has 0 spiro atoms. The summed E-state index contributed by atoms with van der Waals surface area (Å²) in [5.41, 5.74) is 7.47. The van der Waals surface area contributed by atoms with Gasteiger partial charge in [-0.1, -0.05) is 79.9 Å². The van der Waals surface area contributed by atoms with Gasteiger partial charge < -0.3 is 0 Å². The van der Waals surface area contributed by atoms with Crippen LogP contribution in [0.1, 0.15) is 11.3 Å². The van der Waals surface area contributed by atoms with Crippen LogP contribution in [-0.2, 0) is 0 Å². The normalized spacial score (nSPS) is 11.3. The van der Waals surface area contributed by atoms with Gasteiger partial charge in [0, 0.05) is 10.9 Å². The van der Waals surface area contributed by atoms with Crippen LogP contribution >= 0.6 is 0 Å². The monoisotopic (exact) mass is 346 g/mol. The Labute approximate surface area is 157 Å². The molecule has 0 N–H and O–H groups in total. The van der Waals surface area contributed by atoms with E-state index in [2.05, 4.69) is 84.3 Å². The van der Waals surface area contributed by atoms with E-state index in [1.54, 1.807) is 0 Å². The number of nitrogens with zero attached hydrogens (tertiary/aromatic N) is 2. The van der Waals surface area contributed by atoms with Crippen LogP contribution in [0.5, 0.6) is 0 Å². The van der Waals surface area contributed by atoms with E-state index in [0.29, 0.717) is 0 Å². The first-order valence-electron chi connectivity index (χ1n) is 8.99. The Morgan fingerprint density at radius 1 is 0.741 bits per heavy atom. The zero-order chi connectivity index (χ0) is 18.4. The summed E-state index contributed by atoms with van der Waals surface area (Å²) in [6.45, 7) is 8.08. The minimum atomic E-state index is 0.950. The summed E-state index contributed by atoms with van der Waals surface area (Å²) in [4.78, 5) is 4.99. The van der Waals surface area contributed by atoms with Crippen LogP contribution in [0.3, 0.4) is 0 Å². The number of benzene rings is 3. The summed E-state index contributed by atoms with van der Waals surface area (Å²) in [6.07, 6.45) is 3.80. The van der Waals surface area contributed by atoms with Crippen molar-refractivity contribution in [1.82, 2.24) is 9.38 Å². The van der Waals surface area contributed by atoms with Gasteiger partial charge in [-0.05, 0) is 34.7 Å². The Balaban J connectivity index is 1.94. The van der Waals surface area contributed by atoms with Crippen molar-refractivity contribution in [2.24, 2.45) is 0 Å². The first kappa shape index (κ1) is 15.6. The van der Waals surface area contributed by atoms with Crippen molar-refractivity contribution in [1.29, 1.82) is 0 Å². The molecule has 0 aliphatic carbocycles. The first-order valence-corrected chi connectivity index (χ1v) is 8.99. The molecule has 0 amide bonds. The molecule has 0 atom stereocenters. The lowest BCUT2D eigenvalue weighted by Gasteiger charge is -2.11. The Bertz CT molecular complexity index is 1340. The van der Waals surface area contributed by atoms with Crippen molar-refractivity contribution in [2.75, 3.05) is 0 Å². The number of hydrogen-bond donors (Lipinski definition) is 0. The molecule has 3 aromatic carbocycles. The summed E-state index contributed by atoms with van der Waals surface area (Å²) < 4.78 is 2.19. The zero-order valence-electron chi connectivity index (χ0n) is 14.9. The third-order valence-electron chi connectivity index (χ3n) is 5.13. The average molecular weight is 346 g/mol. The maximum atomic E-state index is 4.99. The van der Waals surface area contributed by atoms with Gasteiger partial charge in [0.15, 0.2) is 0 Å². The third-order valence-corrected chi connectivity index (χ3v) is 5.13. The number of rotatable bonds is 3. The molecular formula is C25H18N2. The Hall–Kier alpha value is -3.65. The number of hydrogen-bond acceptors (Lipinski definition) is 1. The molecule has 0 aliphatic rings. The number of fused-ring (bicyclic) bond motifs is 5. The summed E-state index contributed by atoms with van der Waals surface area (Å²) in [6, 6.07) is 25.2. The lowest BCUT2D eigenvalue weighted by molar-refractivity contribution is 1.21. The van der Waals surface area contributed by atoms with Crippen LogP contribution in [0, 0.1) is 0 Å². The van der Waals surface area contributed by atoms with Crippen molar-refractivity contribution >= 4 is 39.6 Å². The lowest BCUT2D eigenvalue weighted by Crippen LogP contribution is -1.97. The van der Waals surface area contributed by atoms with Gasteiger partial charge in [0.2, 0.25) is 0 Å².